The third-order valence-corrected chi connectivity index (χ3v) is 7.26. The van der Waals surface area contributed by atoms with Gasteiger partial charge in [-0.3, -0.25) is 4.79 Å². The van der Waals surface area contributed by atoms with Crippen LogP contribution in [0.5, 0.6) is 0 Å². The van der Waals surface area contributed by atoms with Crippen LogP contribution in [0.2, 0.25) is 0 Å². The third-order valence-electron chi connectivity index (χ3n) is 6.25. The molecule has 7 nitrogen and oxygen atoms in total. The topological polar surface area (TPSA) is 98.7 Å². The second kappa shape index (κ2) is 8.01. The molecule has 4 aromatic rings. The zero-order valence-corrected chi connectivity index (χ0v) is 18.5. The fourth-order valence-corrected chi connectivity index (χ4v) is 5.37. The number of aromatic nitrogens is 4. The first-order valence-corrected chi connectivity index (χ1v) is 11.6. The summed E-state index contributed by atoms with van der Waals surface area (Å²) in [6, 6.07) is 8.07. The smallest absolute Gasteiger partial charge is 0.225 e. The average molecular weight is 435 g/mol. The van der Waals surface area contributed by atoms with Crippen LogP contribution < -0.4 is 11.1 Å². The number of hydrogen-bond donors (Lipinski definition) is 2. The Balaban J connectivity index is 1.41. The number of aryl methyl sites for hydroxylation is 1. The lowest BCUT2D eigenvalue weighted by Gasteiger charge is -2.28. The first kappa shape index (κ1) is 20.1. The van der Waals surface area contributed by atoms with Crippen molar-refractivity contribution in [1.82, 2.24) is 24.8 Å². The van der Waals surface area contributed by atoms with Crippen LogP contribution in [0.4, 0.5) is 0 Å². The van der Waals surface area contributed by atoms with Gasteiger partial charge < -0.3 is 15.6 Å². The maximum absolute atomic E-state index is 12.8. The Morgan fingerprint density at radius 2 is 2.13 bits per heavy atom. The lowest BCUT2D eigenvalue weighted by Crippen LogP contribution is -2.44. The van der Waals surface area contributed by atoms with Crippen LogP contribution in [0.1, 0.15) is 44.2 Å². The summed E-state index contributed by atoms with van der Waals surface area (Å²) in [5, 5.41) is 4.08. The highest BCUT2D eigenvalue weighted by Crippen LogP contribution is 2.33. The number of nitrogens with one attached hydrogen (secondary N) is 1. The number of carbonyl (C=O) groups excluding carboxylic acids is 1. The second-order valence-corrected chi connectivity index (χ2v) is 9.41. The molecule has 31 heavy (non-hydrogen) atoms. The Hall–Kier alpha value is -2.84. The number of nitrogens with zero attached hydrogens (tertiary/aromatic N) is 4. The summed E-state index contributed by atoms with van der Waals surface area (Å²) in [4.78, 5) is 27.5. The Morgan fingerprint density at radius 1 is 1.29 bits per heavy atom. The van der Waals surface area contributed by atoms with Crippen molar-refractivity contribution in [3.8, 4) is 10.6 Å². The van der Waals surface area contributed by atoms with E-state index in [1.54, 1.807) is 23.9 Å². The van der Waals surface area contributed by atoms with Crippen LogP contribution >= 0.6 is 11.3 Å². The van der Waals surface area contributed by atoms with E-state index in [2.05, 4.69) is 21.4 Å². The van der Waals surface area contributed by atoms with Crippen LogP contribution in [0.3, 0.4) is 0 Å². The minimum Gasteiger partial charge on any atom is -0.349 e. The number of nitrogens with two attached hydrogens (primary N) is 1. The second-order valence-electron chi connectivity index (χ2n) is 8.43. The van der Waals surface area contributed by atoms with Crippen LogP contribution in [0.15, 0.2) is 36.8 Å². The number of benzene rings is 1. The molecular formula is C23H26N6OS. The van der Waals surface area contributed by atoms with Crippen molar-refractivity contribution < 1.29 is 4.79 Å². The molecule has 0 unspecified atom stereocenters. The number of fused-ring (bicyclic) bond motifs is 3. The molecule has 3 aromatic heterocycles. The van der Waals surface area contributed by atoms with Gasteiger partial charge in [-0.25, -0.2) is 15.0 Å². The molecule has 1 amide bonds. The molecule has 1 aliphatic rings. The molecule has 3 heterocycles. The average Bonchev–Trinajstić information content (AvgIpc) is 3.37. The fourth-order valence-electron chi connectivity index (χ4n) is 4.46. The lowest BCUT2D eigenvalue weighted by atomic mass is 9.84. The normalized spacial score (nSPS) is 20.2. The molecule has 0 saturated heterocycles. The summed E-state index contributed by atoms with van der Waals surface area (Å²) in [6.45, 7) is 2.02. The standard InChI is InChI=1S/C23H26N6OS/c1-13(27-21(30)16-8-3-4-9-17(16)24)14-6-5-7-15(10-14)22-28-19-20-18(26-12-29(20)2)11-25-23(19)31-22/h5-7,10-13,16-17H,3-4,8-9,24H2,1-2H3,(H,27,30)/t13-,16+,17-/m0/s1. The van der Waals surface area contributed by atoms with Crippen molar-refractivity contribution in [2.75, 3.05) is 0 Å². The summed E-state index contributed by atoms with van der Waals surface area (Å²) in [5.74, 6) is -0.0242. The van der Waals surface area contributed by atoms with Crippen LogP contribution in [-0.2, 0) is 11.8 Å². The number of amides is 1. The predicted molar refractivity (Wildman–Crippen MR) is 124 cm³/mol. The Morgan fingerprint density at radius 3 is 2.97 bits per heavy atom. The molecular weight excluding hydrogens is 408 g/mol. The molecule has 160 valence electrons. The quantitative estimate of drug-likeness (QED) is 0.507. The molecule has 1 aromatic carbocycles. The summed E-state index contributed by atoms with van der Waals surface area (Å²) in [6.07, 6.45) is 7.58. The molecule has 0 aliphatic heterocycles. The highest BCUT2D eigenvalue weighted by Gasteiger charge is 2.29. The number of rotatable bonds is 4. The van der Waals surface area contributed by atoms with E-state index in [1.807, 2.05) is 36.7 Å². The summed E-state index contributed by atoms with van der Waals surface area (Å²) in [7, 11) is 1.97. The Labute approximate surface area is 184 Å². The molecule has 1 saturated carbocycles. The van der Waals surface area contributed by atoms with Gasteiger partial charge in [0.25, 0.3) is 0 Å². The summed E-state index contributed by atoms with van der Waals surface area (Å²) >= 11 is 1.57. The van der Waals surface area contributed by atoms with Crippen molar-refractivity contribution >= 4 is 38.6 Å². The van der Waals surface area contributed by atoms with Gasteiger partial charge in [-0.2, -0.15) is 0 Å². The molecule has 5 rings (SSSR count). The van der Waals surface area contributed by atoms with Gasteiger partial charge >= 0.3 is 0 Å². The van der Waals surface area contributed by atoms with Gasteiger partial charge in [-0.05, 0) is 31.4 Å². The van der Waals surface area contributed by atoms with E-state index in [0.29, 0.717) is 0 Å². The van der Waals surface area contributed by atoms with E-state index < -0.39 is 0 Å². The van der Waals surface area contributed by atoms with E-state index in [4.69, 9.17) is 10.7 Å². The molecule has 3 N–H and O–H groups in total. The van der Waals surface area contributed by atoms with Crippen molar-refractivity contribution in [1.29, 1.82) is 0 Å². The van der Waals surface area contributed by atoms with Gasteiger partial charge in [0.1, 0.15) is 20.9 Å². The van der Waals surface area contributed by atoms with Gasteiger partial charge in [0.05, 0.1) is 30.0 Å². The van der Waals surface area contributed by atoms with E-state index >= 15 is 0 Å². The molecule has 0 radical (unpaired) electrons. The fraction of sp³-hybridized carbons (Fsp3) is 0.391. The van der Waals surface area contributed by atoms with Crippen molar-refractivity contribution in [2.45, 2.75) is 44.7 Å². The first-order valence-electron chi connectivity index (χ1n) is 10.7. The van der Waals surface area contributed by atoms with Crippen LogP contribution in [0.25, 0.3) is 32.0 Å². The zero-order chi connectivity index (χ0) is 21.5. The monoisotopic (exact) mass is 434 g/mol. The minimum absolute atomic E-state index is 0.0358. The van der Waals surface area contributed by atoms with E-state index in [9.17, 15) is 4.79 Å². The van der Waals surface area contributed by atoms with Crippen LogP contribution in [-0.4, -0.2) is 31.5 Å². The Kier molecular flexibility index (Phi) is 5.19. The van der Waals surface area contributed by atoms with Crippen molar-refractivity contribution in [2.24, 2.45) is 18.7 Å². The highest BCUT2D eigenvalue weighted by molar-refractivity contribution is 7.21. The number of hydrogen-bond acceptors (Lipinski definition) is 6. The molecule has 0 spiro atoms. The van der Waals surface area contributed by atoms with Crippen molar-refractivity contribution in [3.63, 3.8) is 0 Å². The lowest BCUT2D eigenvalue weighted by molar-refractivity contribution is -0.127. The van der Waals surface area contributed by atoms with E-state index in [1.165, 1.54) is 0 Å². The largest absolute Gasteiger partial charge is 0.349 e. The predicted octanol–water partition coefficient (Wildman–Crippen LogP) is 3.94. The number of pyridine rings is 1. The Bertz CT molecular complexity index is 1260. The van der Waals surface area contributed by atoms with E-state index in [0.717, 1.165) is 63.2 Å². The van der Waals surface area contributed by atoms with Gasteiger partial charge in [0, 0.05) is 18.7 Å². The third kappa shape index (κ3) is 3.70. The molecule has 8 heteroatoms. The minimum atomic E-state index is -0.0992. The molecule has 1 fully saturated rings. The maximum atomic E-state index is 12.8. The highest BCUT2D eigenvalue weighted by atomic mass is 32.1. The van der Waals surface area contributed by atoms with Gasteiger partial charge in [0.2, 0.25) is 5.91 Å². The first-order chi connectivity index (χ1) is 15.0. The SMILES string of the molecule is C[C@H](NC(=O)[C@@H]1CCCC[C@@H]1N)c1cccc(-c2nc3c(ncc4ncn(C)c43)s2)c1. The maximum Gasteiger partial charge on any atom is 0.225 e. The van der Waals surface area contributed by atoms with Gasteiger partial charge in [0.15, 0.2) is 0 Å². The molecule has 0 bridgehead atoms. The van der Waals surface area contributed by atoms with E-state index in [-0.39, 0.29) is 23.9 Å². The number of thiazole rings is 1. The van der Waals surface area contributed by atoms with Gasteiger partial charge in [-0.1, -0.05) is 42.4 Å². The zero-order valence-electron chi connectivity index (χ0n) is 17.7. The van der Waals surface area contributed by atoms with Crippen LogP contribution in [0, 0.1) is 5.92 Å². The summed E-state index contributed by atoms with van der Waals surface area (Å²) in [5.41, 5.74) is 11.0. The van der Waals surface area contributed by atoms with Gasteiger partial charge in [-0.15, -0.1) is 0 Å². The number of carbonyl (C=O) groups is 1. The molecule has 3 atom stereocenters. The number of imidazole rings is 1. The van der Waals surface area contributed by atoms with Crippen molar-refractivity contribution in [3.05, 3.63) is 42.4 Å². The summed E-state index contributed by atoms with van der Waals surface area (Å²) < 4.78 is 1.98. The molecule has 1 aliphatic carbocycles.